The Balaban J connectivity index is 1.97. The van der Waals surface area contributed by atoms with Crippen LogP contribution >= 0.6 is 0 Å². The molecule has 0 aliphatic carbocycles. The molecule has 132 valence electrons. The van der Waals surface area contributed by atoms with Crippen molar-refractivity contribution in [2.24, 2.45) is 0 Å². The van der Waals surface area contributed by atoms with Gasteiger partial charge >= 0.3 is 5.69 Å². The summed E-state index contributed by atoms with van der Waals surface area (Å²) in [7, 11) is 0. The second kappa shape index (κ2) is 7.52. The summed E-state index contributed by atoms with van der Waals surface area (Å²) >= 11 is 0. The summed E-state index contributed by atoms with van der Waals surface area (Å²) in [6, 6.07) is 15.2. The number of H-pyrrole nitrogens is 1. The Morgan fingerprint density at radius 1 is 1.08 bits per heavy atom. The lowest BCUT2D eigenvalue weighted by Crippen LogP contribution is -2.38. The summed E-state index contributed by atoms with van der Waals surface area (Å²) in [6.07, 6.45) is 1.12. The van der Waals surface area contributed by atoms with Crippen LogP contribution in [0.25, 0.3) is 5.69 Å². The van der Waals surface area contributed by atoms with Crippen LogP contribution in [0.1, 0.15) is 17.3 Å². The van der Waals surface area contributed by atoms with Gasteiger partial charge in [0, 0.05) is 11.9 Å². The van der Waals surface area contributed by atoms with E-state index in [0.717, 1.165) is 10.8 Å². The summed E-state index contributed by atoms with van der Waals surface area (Å²) in [6.45, 7) is 2.37. The van der Waals surface area contributed by atoms with Crippen LogP contribution in [0.15, 0.2) is 70.4 Å². The van der Waals surface area contributed by atoms with E-state index in [0.29, 0.717) is 23.7 Å². The minimum Gasteiger partial charge on any atom is -0.494 e. The largest absolute Gasteiger partial charge is 0.494 e. The molecule has 3 aromatic rings. The minimum absolute atomic E-state index is 0.165. The van der Waals surface area contributed by atoms with Gasteiger partial charge in [0.2, 0.25) is 0 Å². The third-order valence-electron chi connectivity index (χ3n) is 3.66. The number of hydrogen-bond donors (Lipinski definition) is 2. The van der Waals surface area contributed by atoms with E-state index in [9.17, 15) is 14.4 Å². The molecule has 0 aliphatic rings. The predicted octanol–water partition coefficient (Wildman–Crippen LogP) is 2.18. The molecule has 0 radical (unpaired) electrons. The molecule has 0 unspecified atom stereocenters. The van der Waals surface area contributed by atoms with Crippen molar-refractivity contribution in [3.8, 4) is 11.4 Å². The molecule has 0 spiro atoms. The van der Waals surface area contributed by atoms with Gasteiger partial charge in [-0.2, -0.15) is 0 Å². The smallest absolute Gasteiger partial charge is 0.333 e. The summed E-state index contributed by atoms with van der Waals surface area (Å²) in [5.41, 5.74) is -0.603. The SMILES string of the molecule is CCOc1ccc(-n2c(=O)[nH]cc(C(=O)Nc3ccccc3)c2=O)cc1. The fourth-order valence-corrected chi connectivity index (χ4v) is 2.45. The van der Waals surface area contributed by atoms with Gasteiger partial charge in [-0.05, 0) is 43.3 Å². The number of carbonyl (C=O) groups excluding carboxylic acids is 1. The maximum Gasteiger partial charge on any atom is 0.333 e. The van der Waals surface area contributed by atoms with Crippen LogP contribution in [-0.4, -0.2) is 22.1 Å². The molecule has 26 heavy (non-hydrogen) atoms. The summed E-state index contributed by atoms with van der Waals surface area (Å²) in [5, 5.41) is 2.63. The third kappa shape index (κ3) is 3.56. The van der Waals surface area contributed by atoms with E-state index in [-0.39, 0.29) is 5.56 Å². The Hall–Kier alpha value is -3.61. The number of anilines is 1. The number of hydrogen-bond acceptors (Lipinski definition) is 4. The Bertz CT molecular complexity index is 1020. The summed E-state index contributed by atoms with van der Waals surface area (Å²) < 4.78 is 6.26. The van der Waals surface area contributed by atoms with Crippen LogP contribution in [-0.2, 0) is 0 Å². The highest BCUT2D eigenvalue weighted by Crippen LogP contribution is 2.13. The number of carbonyl (C=O) groups is 1. The number of para-hydroxylation sites is 1. The van der Waals surface area contributed by atoms with E-state index < -0.39 is 17.2 Å². The van der Waals surface area contributed by atoms with Crippen LogP contribution < -0.4 is 21.3 Å². The van der Waals surface area contributed by atoms with Gasteiger partial charge in [-0.15, -0.1) is 0 Å². The number of amides is 1. The van der Waals surface area contributed by atoms with Gasteiger partial charge in [0.1, 0.15) is 11.3 Å². The standard InChI is InChI=1S/C19H17N3O4/c1-2-26-15-10-8-14(9-11-15)22-18(24)16(12-20-19(22)25)17(23)21-13-6-4-3-5-7-13/h3-12H,2H2,1H3,(H,20,25)(H,21,23). The van der Waals surface area contributed by atoms with Gasteiger partial charge in [-0.1, -0.05) is 18.2 Å². The Morgan fingerprint density at radius 2 is 1.77 bits per heavy atom. The van der Waals surface area contributed by atoms with E-state index >= 15 is 0 Å². The molecule has 1 amide bonds. The molecule has 0 bridgehead atoms. The van der Waals surface area contributed by atoms with Crippen molar-refractivity contribution >= 4 is 11.6 Å². The first-order valence-electron chi connectivity index (χ1n) is 8.04. The quantitative estimate of drug-likeness (QED) is 0.737. The Labute approximate surface area is 148 Å². The van der Waals surface area contributed by atoms with Gasteiger partial charge in [-0.3, -0.25) is 9.59 Å². The van der Waals surface area contributed by atoms with E-state index in [2.05, 4.69) is 10.3 Å². The van der Waals surface area contributed by atoms with Gasteiger partial charge in [-0.25, -0.2) is 9.36 Å². The van der Waals surface area contributed by atoms with Crippen LogP contribution in [0.5, 0.6) is 5.75 Å². The average molecular weight is 351 g/mol. The predicted molar refractivity (Wildman–Crippen MR) is 98.2 cm³/mol. The molecule has 1 aromatic heterocycles. The zero-order valence-corrected chi connectivity index (χ0v) is 14.1. The van der Waals surface area contributed by atoms with Gasteiger partial charge in [0.05, 0.1) is 12.3 Å². The second-order valence-corrected chi connectivity index (χ2v) is 5.40. The van der Waals surface area contributed by atoms with E-state index in [4.69, 9.17) is 4.74 Å². The monoisotopic (exact) mass is 351 g/mol. The summed E-state index contributed by atoms with van der Waals surface area (Å²) in [4.78, 5) is 39.6. The number of aromatic nitrogens is 2. The minimum atomic E-state index is -0.702. The second-order valence-electron chi connectivity index (χ2n) is 5.40. The van der Waals surface area contributed by atoms with Crippen molar-refractivity contribution < 1.29 is 9.53 Å². The number of benzene rings is 2. The Kier molecular flexibility index (Phi) is 4.98. The molecule has 0 fully saturated rings. The molecule has 2 aromatic carbocycles. The van der Waals surface area contributed by atoms with Crippen molar-refractivity contribution in [1.82, 2.24) is 9.55 Å². The first-order valence-corrected chi connectivity index (χ1v) is 8.04. The fraction of sp³-hybridized carbons (Fsp3) is 0.105. The normalized spacial score (nSPS) is 10.3. The third-order valence-corrected chi connectivity index (χ3v) is 3.66. The first kappa shape index (κ1) is 17.2. The van der Waals surface area contributed by atoms with Crippen molar-refractivity contribution in [2.75, 3.05) is 11.9 Å². The zero-order chi connectivity index (χ0) is 18.5. The van der Waals surface area contributed by atoms with Crippen LogP contribution in [0, 0.1) is 0 Å². The number of ether oxygens (including phenoxy) is 1. The summed E-state index contributed by atoms with van der Waals surface area (Å²) in [5.74, 6) is 0.0239. The highest BCUT2D eigenvalue weighted by molar-refractivity contribution is 6.03. The molecule has 0 saturated carbocycles. The van der Waals surface area contributed by atoms with Crippen molar-refractivity contribution in [3.05, 3.63) is 87.2 Å². The number of aromatic amines is 1. The van der Waals surface area contributed by atoms with Crippen LogP contribution in [0.4, 0.5) is 5.69 Å². The van der Waals surface area contributed by atoms with E-state index in [1.54, 1.807) is 48.5 Å². The van der Waals surface area contributed by atoms with E-state index in [1.165, 1.54) is 0 Å². The molecule has 1 heterocycles. The molecule has 0 atom stereocenters. The molecule has 2 N–H and O–H groups in total. The van der Waals surface area contributed by atoms with Gasteiger partial charge < -0.3 is 15.0 Å². The molecule has 7 heteroatoms. The Morgan fingerprint density at radius 3 is 2.42 bits per heavy atom. The highest BCUT2D eigenvalue weighted by Gasteiger charge is 2.16. The topological polar surface area (TPSA) is 93.2 Å². The fourth-order valence-electron chi connectivity index (χ4n) is 2.45. The van der Waals surface area contributed by atoms with Crippen molar-refractivity contribution in [3.63, 3.8) is 0 Å². The van der Waals surface area contributed by atoms with Crippen LogP contribution in [0.2, 0.25) is 0 Å². The first-order chi connectivity index (χ1) is 12.6. The molecular weight excluding hydrogens is 334 g/mol. The number of nitrogens with one attached hydrogen (secondary N) is 2. The number of rotatable bonds is 5. The average Bonchev–Trinajstić information content (AvgIpc) is 2.64. The zero-order valence-electron chi connectivity index (χ0n) is 14.1. The lowest BCUT2D eigenvalue weighted by atomic mass is 10.2. The van der Waals surface area contributed by atoms with Crippen molar-refractivity contribution in [2.45, 2.75) is 6.92 Å². The van der Waals surface area contributed by atoms with E-state index in [1.807, 2.05) is 13.0 Å². The number of nitrogens with zero attached hydrogens (tertiary/aromatic N) is 1. The molecule has 3 rings (SSSR count). The maximum atomic E-state index is 12.7. The molecular formula is C19H17N3O4. The van der Waals surface area contributed by atoms with Crippen molar-refractivity contribution in [1.29, 1.82) is 0 Å². The molecule has 0 aliphatic heterocycles. The van der Waals surface area contributed by atoms with Gasteiger partial charge in [0.25, 0.3) is 11.5 Å². The van der Waals surface area contributed by atoms with Crippen LogP contribution in [0.3, 0.4) is 0 Å². The lowest BCUT2D eigenvalue weighted by molar-refractivity contribution is 0.102. The van der Waals surface area contributed by atoms with Gasteiger partial charge in [0.15, 0.2) is 0 Å². The lowest BCUT2D eigenvalue weighted by Gasteiger charge is -2.09. The molecule has 7 nitrogen and oxygen atoms in total. The highest BCUT2D eigenvalue weighted by atomic mass is 16.5. The molecule has 0 saturated heterocycles. The maximum absolute atomic E-state index is 12.7.